The van der Waals surface area contributed by atoms with E-state index in [0.29, 0.717) is 11.3 Å². The van der Waals surface area contributed by atoms with E-state index < -0.39 is 11.9 Å². The van der Waals surface area contributed by atoms with Crippen molar-refractivity contribution in [3.8, 4) is 0 Å². The summed E-state index contributed by atoms with van der Waals surface area (Å²) >= 11 is 1.56. The maximum atomic E-state index is 11.8. The Labute approximate surface area is 149 Å². The highest BCUT2D eigenvalue weighted by Gasteiger charge is 2.07. The third kappa shape index (κ3) is 5.89. The predicted octanol–water partition coefficient (Wildman–Crippen LogP) is 2.61. The van der Waals surface area contributed by atoms with Gasteiger partial charge < -0.3 is 15.4 Å². The zero-order valence-corrected chi connectivity index (χ0v) is 14.7. The first-order valence-electron chi connectivity index (χ1n) is 7.51. The van der Waals surface area contributed by atoms with Crippen molar-refractivity contribution in [2.24, 2.45) is 0 Å². The molecule has 0 unspecified atom stereocenters. The largest absolute Gasteiger partial charge is 0.452 e. The molecular weight excluding hydrogens is 340 g/mol. The highest BCUT2D eigenvalue weighted by atomic mass is 32.1. The van der Waals surface area contributed by atoms with Gasteiger partial charge in [0, 0.05) is 34.1 Å². The number of carbonyl (C=O) groups is 3. The normalized spacial score (nSPS) is 10.5. The molecule has 0 aliphatic carbocycles. The second-order valence-electron chi connectivity index (χ2n) is 5.09. The van der Waals surface area contributed by atoms with Crippen molar-refractivity contribution < 1.29 is 19.1 Å². The topological polar surface area (TPSA) is 84.5 Å². The van der Waals surface area contributed by atoms with Crippen molar-refractivity contribution >= 4 is 40.9 Å². The summed E-state index contributed by atoms with van der Waals surface area (Å²) in [7, 11) is 1.54. The van der Waals surface area contributed by atoms with Gasteiger partial charge in [0.1, 0.15) is 0 Å². The molecule has 0 aliphatic heterocycles. The molecule has 2 aromatic rings. The smallest absolute Gasteiger partial charge is 0.331 e. The number of carbonyl (C=O) groups excluding carboxylic acids is 3. The Morgan fingerprint density at radius 3 is 2.44 bits per heavy atom. The van der Waals surface area contributed by atoms with Crippen molar-refractivity contribution in [3.05, 3.63) is 57.8 Å². The highest BCUT2D eigenvalue weighted by molar-refractivity contribution is 7.12. The molecule has 0 atom stereocenters. The molecule has 2 amide bonds. The third-order valence-electron chi connectivity index (χ3n) is 3.15. The third-order valence-corrected chi connectivity index (χ3v) is 4.11. The molecule has 0 bridgehead atoms. The van der Waals surface area contributed by atoms with E-state index in [1.54, 1.807) is 48.7 Å². The highest BCUT2D eigenvalue weighted by Crippen LogP contribution is 2.16. The van der Waals surface area contributed by atoms with E-state index >= 15 is 0 Å². The average Bonchev–Trinajstić information content (AvgIpc) is 3.03. The summed E-state index contributed by atoms with van der Waals surface area (Å²) in [5.74, 6) is -1.25. The maximum Gasteiger partial charge on any atom is 0.331 e. The number of amides is 2. The maximum absolute atomic E-state index is 11.8. The Balaban J connectivity index is 1.79. The molecule has 0 radical (unpaired) electrons. The van der Waals surface area contributed by atoms with E-state index in [9.17, 15) is 14.4 Å². The second-order valence-corrected chi connectivity index (χ2v) is 6.41. The van der Waals surface area contributed by atoms with Crippen LogP contribution in [0.4, 0.5) is 5.69 Å². The lowest BCUT2D eigenvalue weighted by Crippen LogP contribution is -2.20. The number of esters is 1. The van der Waals surface area contributed by atoms with E-state index in [1.165, 1.54) is 6.08 Å². The molecule has 2 N–H and O–H groups in total. The fraction of sp³-hybridized carbons (Fsp3) is 0.167. The van der Waals surface area contributed by atoms with Crippen LogP contribution in [0.1, 0.15) is 20.1 Å². The molecule has 2 rings (SSSR count). The van der Waals surface area contributed by atoms with Gasteiger partial charge in [-0.2, -0.15) is 0 Å². The molecule has 6 nitrogen and oxygen atoms in total. The minimum Gasteiger partial charge on any atom is -0.452 e. The lowest BCUT2D eigenvalue weighted by Gasteiger charge is -2.06. The zero-order valence-electron chi connectivity index (χ0n) is 13.9. The lowest BCUT2D eigenvalue weighted by atomic mass is 10.2. The number of anilines is 1. The Morgan fingerprint density at radius 1 is 1.12 bits per heavy atom. The molecule has 7 heteroatoms. The summed E-state index contributed by atoms with van der Waals surface area (Å²) in [5, 5.41) is 5.10. The second kappa shape index (κ2) is 8.79. The Bertz CT molecular complexity index is 794. The predicted molar refractivity (Wildman–Crippen MR) is 97.5 cm³/mol. The first-order chi connectivity index (χ1) is 12.0. The van der Waals surface area contributed by atoms with Gasteiger partial charge in [0.05, 0.1) is 0 Å². The number of ether oxygens (including phenoxy) is 1. The standard InChI is InChI=1S/C18H18N2O4S/c1-12-3-8-15(25-12)9-10-17(22)24-11-16(21)20-14-6-4-13(5-7-14)18(23)19-2/h3-10H,11H2,1-2H3,(H,19,23)(H,20,21)/b10-9+. The van der Waals surface area contributed by atoms with Crippen LogP contribution in [0.2, 0.25) is 0 Å². The van der Waals surface area contributed by atoms with E-state index in [2.05, 4.69) is 10.6 Å². The Hall–Kier alpha value is -2.93. The zero-order chi connectivity index (χ0) is 18.2. The number of aryl methyl sites for hydroxylation is 1. The minimum atomic E-state index is -0.587. The van der Waals surface area contributed by atoms with Gasteiger partial charge in [-0.1, -0.05) is 0 Å². The molecule has 0 saturated heterocycles. The van der Waals surface area contributed by atoms with Crippen LogP contribution in [0.15, 0.2) is 42.5 Å². The summed E-state index contributed by atoms with van der Waals surface area (Å²) in [6, 6.07) is 10.2. The number of rotatable bonds is 6. The van der Waals surface area contributed by atoms with Crippen molar-refractivity contribution in [2.45, 2.75) is 6.92 Å². The molecule has 1 heterocycles. The van der Waals surface area contributed by atoms with E-state index in [4.69, 9.17) is 4.74 Å². The summed E-state index contributed by atoms with van der Waals surface area (Å²) in [5.41, 5.74) is 0.999. The Morgan fingerprint density at radius 2 is 1.84 bits per heavy atom. The van der Waals surface area contributed by atoms with Crippen molar-refractivity contribution in [3.63, 3.8) is 0 Å². The lowest BCUT2D eigenvalue weighted by molar-refractivity contribution is -0.142. The van der Waals surface area contributed by atoms with Crippen LogP contribution in [0.25, 0.3) is 6.08 Å². The number of thiophene rings is 1. The van der Waals surface area contributed by atoms with Gasteiger partial charge >= 0.3 is 5.97 Å². The number of hydrogen-bond acceptors (Lipinski definition) is 5. The summed E-state index contributed by atoms with van der Waals surface area (Å²) in [6.45, 7) is 1.59. The van der Waals surface area contributed by atoms with Crippen molar-refractivity contribution in [2.75, 3.05) is 19.0 Å². The van der Waals surface area contributed by atoms with Gasteiger partial charge in [-0.15, -0.1) is 11.3 Å². The monoisotopic (exact) mass is 358 g/mol. The average molecular weight is 358 g/mol. The fourth-order valence-corrected chi connectivity index (χ4v) is 2.70. The SMILES string of the molecule is CNC(=O)c1ccc(NC(=O)COC(=O)/C=C/c2ccc(C)s2)cc1. The van der Waals surface area contributed by atoms with Crippen LogP contribution in [0.5, 0.6) is 0 Å². The van der Waals surface area contributed by atoms with Crippen LogP contribution >= 0.6 is 11.3 Å². The molecule has 0 aliphatic rings. The number of nitrogens with one attached hydrogen (secondary N) is 2. The van der Waals surface area contributed by atoms with E-state index in [1.807, 2.05) is 19.1 Å². The van der Waals surface area contributed by atoms with Gasteiger partial charge in [-0.3, -0.25) is 9.59 Å². The van der Waals surface area contributed by atoms with Gasteiger partial charge in [0.15, 0.2) is 6.61 Å². The molecule has 0 spiro atoms. The van der Waals surface area contributed by atoms with Crippen LogP contribution in [0.3, 0.4) is 0 Å². The molecule has 25 heavy (non-hydrogen) atoms. The summed E-state index contributed by atoms with van der Waals surface area (Å²) in [4.78, 5) is 36.9. The first-order valence-corrected chi connectivity index (χ1v) is 8.33. The van der Waals surface area contributed by atoms with Crippen LogP contribution in [-0.2, 0) is 14.3 Å². The van der Waals surface area contributed by atoms with E-state index in [-0.39, 0.29) is 12.5 Å². The minimum absolute atomic E-state index is 0.209. The van der Waals surface area contributed by atoms with Gasteiger partial charge in [-0.05, 0) is 49.4 Å². The van der Waals surface area contributed by atoms with Crippen molar-refractivity contribution in [1.29, 1.82) is 0 Å². The molecule has 1 aromatic heterocycles. The van der Waals surface area contributed by atoms with Gasteiger partial charge in [-0.25, -0.2) is 4.79 Å². The quantitative estimate of drug-likeness (QED) is 0.614. The molecule has 0 saturated carbocycles. The molecule has 0 fully saturated rings. The van der Waals surface area contributed by atoms with Crippen molar-refractivity contribution in [1.82, 2.24) is 5.32 Å². The molecular formula is C18H18N2O4S. The van der Waals surface area contributed by atoms with Crippen LogP contribution in [0, 0.1) is 6.92 Å². The first kappa shape index (κ1) is 18.4. The summed E-state index contributed by atoms with van der Waals surface area (Å²) in [6.07, 6.45) is 2.94. The summed E-state index contributed by atoms with van der Waals surface area (Å²) < 4.78 is 4.89. The fourth-order valence-electron chi connectivity index (χ4n) is 1.92. The Kier molecular flexibility index (Phi) is 6.47. The molecule has 130 valence electrons. The van der Waals surface area contributed by atoms with Gasteiger partial charge in [0.25, 0.3) is 11.8 Å². The number of hydrogen-bond donors (Lipinski definition) is 2. The van der Waals surface area contributed by atoms with Crippen LogP contribution < -0.4 is 10.6 Å². The van der Waals surface area contributed by atoms with E-state index in [0.717, 1.165) is 9.75 Å². The molecule has 1 aromatic carbocycles. The number of benzene rings is 1. The van der Waals surface area contributed by atoms with Crippen LogP contribution in [-0.4, -0.2) is 31.4 Å². The van der Waals surface area contributed by atoms with Gasteiger partial charge in [0.2, 0.25) is 0 Å².